The summed E-state index contributed by atoms with van der Waals surface area (Å²) in [7, 11) is 0. The first-order valence-corrected chi connectivity index (χ1v) is 8.59. The number of para-hydroxylation sites is 1. The van der Waals surface area contributed by atoms with Gasteiger partial charge in [0, 0.05) is 29.9 Å². The normalized spacial score (nSPS) is 19.0. The molecule has 1 aromatic carbocycles. The van der Waals surface area contributed by atoms with Crippen molar-refractivity contribution in [1.29, 1.82) is 0 Å². The molecule has 3 aromatic rings. The van der Waals surface area contributed by atoms with Crippen LogP contribution >= 0.6 is 11.3 Å². The van der Waals surface area contributed by atoms with Gasteiger partial charge in [0.1, 0.15) is 6.04 Å². The highest BCUT2D eigenvalue weighted by Gasteiger charge is 2.31. The Morgan fingerprint density at radius 1 is 1.17 bits per heavy atom. The molecule has 1 aliphatic heterocycles. The average molecular weight is 323 g/mol. The summed E-state index contributed by atoms with van der Waals surface area (Å²) in [4.78, 5) is 20.4. The van der Waals surface area contributed by atoms with E-state index in [1.165, 1.54) is 0 Å². The molecule has 23 heavy (non-hydrogen) atoms. The minimum absolute atomic E-state index is 0.0829. The number of nitrogens with one attached hydrogen (secondary N) is 1. The first kappa shape index (κ1) is 14.4. The van der Waals surface area contributed by atoms with E-state index in [9.17, 15) is 4.79 Å². The molecule has 1 N–H and O–H groups in total. The van der Waals surface area contributed by atoms with Crippen molar-refractivity contribution in [2.45, 2.75) is 12.6 Å². The number of rotatable bonds is 3. The van der Waals surface area contributed by atoms with Gasteiger partial charge in [-0.1, -0.05) is 30.3 Å². The van der Waals surface area contributed by atoms with Crippen LogP contribution in [-0.2, 0) is 11.3 Å². The number of piperazine rings is 1. The Morgan fingerprint density at radius 2 is 2.09 bits per heavy atom. The lowest BCUT2D eigenvalue weighted by Crippen LogP contribution is -2.49. The number of benzene rings is 1. The van der Waals surface area contributed by atoms with E-state index in [0.29, 0.717) is 13.1 Å². The van der Waals surface area contributed by atoms with Crippen LogP contribution < -0.4 is 5.32 Å². The van der Waals surface area contributed by atoms with Crippen LogP contribution in [-0.4, -0.2) is 28.9 Å². The third-order valence-corrected chi connectivity index (χ3v) is 5.07. The highest BCUT2D eigenvalue weighted by Crippen LogP contribution is 2.28. The molecule has 0 unspecified atom stereocenters. The molecule has 4 nitrogen and oxygen atoms in total. The van der Waals surface area contributed by atoms with E-state index in [-0.39, 0.29) is 11.9 Å². The minimum Gasteiger partial charge on any atom is -0.353 e. The maximum Gasteiger partial charge on any atom is 0.242 e. The van der Waals surface area contributed by atoms with E-state index < -0.39 is 0 Å². The molecule has 0 bridgehead atoms. The average Bonchev–Trinajstić information content (AvgIpc) is 3.09. The van der Waals surface area contributed by atoms with Gasteiger partial charge in [0.2, 0.25) is 5.91 Å². The zero-order chi connectivity index (χ0) is 15.6. The van der Waals surface area contributed by atoms with E-state index in [0.717, 1.165) is 28.0 Å². The van der Waals surface area contributed by atoms with Gasteiger partial charge < -0.3 is 5.32 Å². The number of pyridine rings is 1. The molecular formula is C18H17N3OS. The fourth-order valence-electron chi connectivity index (χ4n) is 3.05. The number of thiophene rings is 1. The van der Waals surface area contributed by atoms with Gasteiger partial charge >= 0.3 is 0 Å². The monoisotopic (exact) mass is 323 g/mol. The molecule has 116 valence electrons. The van der Waals surface area contributed by atoms with Gasteiger partial charge in [0.15, 0.2) is 0 Å². The predicted molar refractivity (Wildman–Crippen MR) is 92.2 cm³/mol. The quantitative estimate of drug-likeness (QED) is 0.806. The molecule has 4 rings (SSSR count). The summed E-state index contributed by atoms with van der Waals surface area (Å²) in [6.07, 6.45) is 0. The largest absolute Gasteiger partial charge is 0.353 e. The van der Waals surface area contributed by atoms with Crippen molar-refractivity contribution in [3.05, 3.63) is 64.5 Å². The van der Waals surface area contributed by atoms with Crippen LogP contribution in [0, 0.1) is 0 Å². The highest BCUT2D eigenvalue weighted by molar-refractivity contribution is 7.10. The molecule has 3 heterocycles. The van der Waals surface area contributed by atoms with Crippen LogP contribution in [0.25, 0.3) is 10.9 Å². The van der Waals surface area contributed by atoms with Crippen LogP contribution in [0.15, 0.2) is 53.9 Å². The Labute approximate surface area is 138 Å². The van der Waals surface area contributed by atoms with Gasteiger partial charge in [-0.2, -0.15) is 0 Å². The van der Waals surface area contributed by atoms with Crippen LogP contribution in [0.1, 0.15) is 16.6 Å². The summed E-state index contributed by atoms with van der Waals surface area (Å²) in [5.41, 5.74) is 2.00. The number of fused-ring (bicyclic) bond motifs is 1. The summed E-state index contributed by atoms with van der Waals surface area (Å²) in [5.74, 6) is 0.0829. The second-order valence-electron chi connectivity index (χ2n) is 5.67. The molecule has 1 fully saturated rings. The van der Waals surface area contributed by atoms with Gasteiger partial charge in [-0.3, -0.25) is 14.7 Å². The van der Waals surface area contributed by atoms with Gasteiger partial charge in [0.05, 0.1) is 11.2 Å². The Hall–Kier alpha value is -2.24. The van der Waals surface area contributed by atoms with Gasteiger partial charge in [-0.25, -0.2) is 0 Å². The molecule has 1 saturated heterocycles. The Bertz CT molecular complexity index is 831. The Morgan fingerprint density at radius 3 is 2.96 bits per heavy atom. The number of hydrogen-bond donors (Lipinski definition) is 1. The SMILES string of the molecule is O=C1NCCN(Cc2ccc3ccccc3n2)[C@H]1c1cccs1. The third-order valence-electron chi connectivity index (χ3n) is 4.15. The van der Waals surface area contributed by atoms with E-state index in [1.807, 2.05) is 35.7 Å². The lowest BCUT2D eigenvalue weighted by molar-refractivity contribution is -0.129. The van der Waals surface area contributed by atoms with Crippen molar-refractivity contribution in [3.8, 4) is 0 Å². The number of aromatic nitrogens is 1. The first-order valence-electron chi connectivity index (χ1n) is 7.71. The van der Waals surface area contributed by atoms with Crippen molar-refractivity contribution in [3.63, 3.8) is 0 Å². The summed E-state index contributed by atoms with van der Waals surface area (Å²) in [5, 5.41) is 6.13. The maximum atomic E-state index is 12.3. The Kier molecular flexibility index (Phi) is 3.81. The van der Waals surface area contributed by atoms with Gasteiger partial charge in [-0.15, -0.1) is 11.3 Å². The summed E-state index contributed by atoms with van der Waals surface area (Å²) in [6, 6.07) is 16.1. The van der Waals surface area contributed by atoms with Crippen LogP contribution in [0.5, 0.6) is 0 Å². The van der Waals surface area contributed by atoms with Crippen molar-refractivity contribution in [1.82, 2.24) is 15.2 Å². The second kappa shape index (κ2) is 6.10. The first-order chi connectivity index (χ1) is 11.3. The number of hydrogen-bond acceptors (Lipinski definition) is 4. The molecule has 0 saturated carbocycles. The lowest BCUT2D eigenvalue weighted by Gasteiger charge is -2.34. The molecule has 1 aliphatic rings. The Balaban J connectivity index is 1.63. The molecule has 1 atom stereocenters. The number of carbonyl (C=O) groups is 1. The number of nitrogens with zero attached hydrogens (tertiary/aromatic N) is 2. The number of amides is 1. The lowest BCUT2D eigenvalue weighted by atomic mass is 10.1. The molecule has 2 aromatic heterocycles. The second-order valence-corrected chi connectivity index (χ2v) is 6.65. The van der Waals surface area contributed by atoms with E-state index in [4.69, 9.17) is 4.98 Å². The van der Waals surface area contributed by atoms with Crippen molar-refractivity contribution in [2.75, 3.05) is 13.1 Å². The molecular weight excluding hydrogens is 306 g/mol. The van der Waals surface area contributed by atoms with E-state index in [2.05, 4.69) is 28.4 Å². The highest BCUT2D eigenvalue weighted by atomic mass is 32.1. The maximum absolute atomic E-state index is 12.3. The van der Waals surface area contributed by atoms with E-state index in [1.54, 1.807) is 11.3 Å². The topological polar surface area (TPSA) is 45.2 Å². The summed E-state index contributed by atoms with van der Waals surface area (Å²) in [6.45, 7) is 2.21. The zero-order valence-electron chi connectivity index (χ0n) is 12.6. The smallest absolute Gasteiger partial charge is 0.242 e. The molecule has 0 spiro atoms. The zero-order valence-corrected chi connectivity index (χ0v) is 13.4. The number of carbonyl (C=O) groups excluding carboxylic acids is 1. The van der Waals surface area contributed by atoms with Crippen molar-refractivity contribution < 1.29 is 4.79 Å². The van der Waals surface area contributed by atoms with Crippen molar-refractivity contribution in [2.24, 2.45) is 0 Å². The fourth-order valence-corrected chi connectivity index (χ4v) is 3.90. The molecule has 0 radical (unpaired) electrons. The van der Waals surface area contributed by atoms with Crippen LogP contribution in [0.3, 0.4) is 0 Å². The molecule has 0 aliphatic carbocycles. The van der Waals surface area contributed by atoms with Gasteiger partial charge in [-0.05, 0) is 23.6 Å². The predicted octanol–water partition coefficient (Wildman–Crippen LogP) is 2.97. The standard InChI is InChI=1S/C18H17N3OS/c22-18-17(16-6-3-11-23-16)21(10-9-19-18)12-14-8-7-13-4-1-2-5-15(13)20-14/h1-8,11,17H,9-10,12H2,(H,19,22)/t17-/m0/s1. The van der Waals surface area contributed by atoms with Crippen molar-refractivity contribution >= 4 is 28.1 Å². The molecule has 5 heteroatoms. The van der Waals surface area contributed by atoms with E-state index >= 15 is 0 Å². The fraction of sp³-hybridized carbons (Fsp3) is 0.222. The summed E-state index contributed by atoms with van der Waals surface area (Å²) < 4.78 is 0. The summed E-state index contributed by atoms with van der Waals surface area (Å²) >= 11 is 1.63. The minimum atomic E-state index is -0.211. The van der Waals surface area contributed by atoms with Crippen LogP contribution in [0.2, 0.25) is 0 Å². The van der Waals surface area contributed by atoms with Crippen LogP contribution in [0.4, 0.5) is 0 Å². The third kappa shape index (κ3) is 2.85. The van der Waals surface area contributed by atoms with Gasteiger partial charge in [0.25, 0.3) is 0 Å². The molecule has 1 amide bonds.